The molecule has 0 saturated heterocycles. The SMILES string of the molecule is Cc1[nH]c(CN)nc1-c1ccc(OC(C)(C)C)cc1. The lowest BCUT2D eigenvalue weighted by atomic mass is 10.1. The van der Waals surface area contributed by atoms with Gasteiger partial charge in [-0.2, -0.15) is 0 Å². The van der Waals surface area contributed by atoms with Crippen molar-refractivity contribution in [2.24, 2.45) is 5.73 Å². The molecule has 0 radical (unpaired) electrons. The minimum Gasteiger partial charge on any atom is -0.488 e. The summed E-state index contributed by atoms with van der Waals surface area (Å²) in [6.07, 6.45) is 0. The summed E-state index contributed by atoms with van der Waals surface area (Å²) in [5, 5.41) is 0. The highest BCUT2D eigenvalue weighted by molar-refractivity contribution is 5.62. The van der Waals surface area contributed by atoms with Gasteiger partial charge in [0.15, 0.2) is 0 Å². The fourth-order valence-electron chi connectivity index (χ4n) is 1.93. The van der Waals surface area contributed by atoms with Crippen LogP contribution in [0.5, 0.6) is 5.75 Å². The van der Waals surface area contributed by atoms with Crippen molar-refractivity contribution < 1.29 is 4.74 Å². The molecule has 3 N–H and O–H groups in total. The number of rotatable bonds is 3. The third kappa shape index (κ3) is 3.35. The summed E-state index contributed by atoms with van der Waals surface area (Å²) >= 11 is 0. The first kappa shape index (κ1) is 13.6. The standard InChI is InChI=1S/C15H21N3O/c1-10-14(18-13(9-16)17-10)11-5-7-12(8-6-11)19-15(2,3)4/h5-8H,9,16H2,1-4H3,(H,17,18). The molecular weight excluding hydrogens is 238 g/mol. The van der Waals surface area contributed by atoms with Crippen molar-refractivity contribution in [3.05, 3.63) is 35.8 Å². The molecule has 102 valence electrons. The van der Waals surface area contributed by atoms with Gasteiger partial charge >= 0.3 is 0 Å². The van der Waals surface area contributed by atoms with Crippen molar-refractivity contribution >= 4 is 0 Å². The van der Waals surface area contributed by atoms with E-state index < -0.39 is 0 Å². The quantitative estimate of drug-likeness (QED) is 0.890. The second kappa shape index (κ2) is 5.05. The van der Waals surface area contributed by atoms with Gasteiger partial charge in [0.1, 0.15) is 17.2 Å². The molecule has 1 aromatic heterocycles. The van der Waals surface area contributed by atoms with Crippen molar-refractivity contribution in [3.63, 3.8) is 0 Å². The van der Waals surface area contributed by atoms with Gasteiger partial charge in [-0.15, -0.1) is 0 Å². The molecule has 2 aromatic rings. The molecule has 4 nitrogen and oxygen atoms in total. The number of ether oxygens (including phenoxy) is 1. The van der Waals surface area contributed by atoms with Gasteiger partial charge in [0.2, 0.25) is 0 Å². The smallest absolute Gasteiger partial charge is 0.120 e. The van der Waals surface area contributed by atoms with Crippen molar-refractivity contribution in [3.8, 4) is 17.0 Å². The number of H-pyrrole nitrogens is 1. The van der Waals surface area contributed by atoms with E-state index in [0.29, 0.717) is 6.54 Å². The molecule has 0 spiro atoms. The van der Waals surface area contributed by atoms with E-state index in [-0.39, 0.29) is 5.60 Å². The van der Waals surface area contributed by atoms with Crippen LogP contribution < -0.4 is 10.5 Å². The Kier molecular flexibility index (Phi) is 3.62. The Morgan fingerprint density at radius 1 is 1.21 bits per heavy atom. The molecule has 2 rings (SSSR count). The molecule has 1 heterocycles. The highest BCUT2D eigenvalue weighted by atomic mass is 16.5. The first-order valence-electron chi connectivity index (χ1n) is 6.44. The fourth-order valence-corrected chi connectivity index (χ4v) is 1.93. The average Bonchev–Trinajstić information content (AvgIpc) is 2.70. The third-order valence-electron chi connectivity index (χ3n) is 2.68. The number of aromatic amines is 1. The summed E-state index contributed by atoms with van der Waals surface area (Å²) in [5.74, 6) is 1.67. The maximum absolute atomic E-state index is 5.80. The molecule has 0 bridgehead atoms. The van der Waals surface area contributed by atoms with E-state index in [1.807, 2.05) is 52.0 Å². The van der Waals surface area contributed by atoms with Gasteiger partial charge in [-0.05, 0) is 52.0 Å². The molecule has 0 saturated carbocycles. The Labute approximate surface area is 114 Å². The monoisotopic (exact) mass is 259 g/mol. The predicted octanol–water partition coefficient (Wildman–Crippen LogP) is 3.02. The Bertz CT molecular complexity index is 550. The summed E-state index contributed by atoms with van der Waals surface area (Å²) in [6.45, 7) is 8.53. The fraction of sp³-hybridized carbons (Fsp3) is 0.400. The Balaban J connectivity index is 2.24. The second-order valence-corrected chi connectivity index (χ2v) is 5.60. The van der Waals surface area contributed by atoms with Crippen LogP contribution in [-0.2, 0) is 6.54 Å². The van der Waals surface area contributed by atoms with Crippen LogP contribution in [0.15, 0.2) is 24.3 Å². The van der Waals surface area contributed by atoms with E-state index in [1.54, 1.807) is 0 Å². The van der Waals surface area contributed by atoms with E-state index >= 15 is 0 Å². The molecule has 0 aliphatic rings. The van der Waals surface area contributed by atoms with Gasteiger partial charge in [-0.3, -0.25) is 0 Å². The topological polar surface area (TPSA) is 63.9 Å². The highest BCUT2D eigenvalue weighted by Gasteiger charge is 2.12. The number of nitrogens with one attached hydrogen (secondary N) is 1. The summed E-state index contributed by atoms with van der Waals surface area (Å²) in [6, 6.07) is 7.97. The van der Waals surface area contributed by atoms with Crippen molar-refractivity contribution in [1.29, 1.82) is 0 Å². The van der Waals surface area contributed by atoms with Crippen LogP contribution in [0.3, 0.4) is 0 Å². The van der Waals surface area contributed by atoms with Gasteiger partial charge in [0, 0.05) is 11.3 Å². The molecule has 0 aliphatic carbocycles. The number of nitrogens with zero attached hydrogens (tertiary/aromatic N) is 1. The van der Waals surface area contributed by atoms with Crippen LogP contribution >= 0.6 is 0 Å². The van der Waals surface area contributed by atoms with E-state index in [9.17, 15) is 0 Å². The van der Waals surface area contributed by atoms with Crippen molar-refractivity contribution in [2.45, 2.75) is 39.8 Å². The first-order chi connectivity index (χ1) is 8.89. The summed E-state index contributed by atoms with van der Waals surface area (Å²) < 4.78 is 5.80. The molecule has 0 aliphatic heterocycles. The largest absolute Gasteiger partial charge is 0.488 e. The van der Waals surface area contributed by atoms with Gasteiger partial charge < -0.3 is 15.5 Å². The zero-order valence-corrected chi connectivity index (χ0v) is 11.9. The number of nitrogens with two attached hydrogens (primary N) is 1. The normalized spacial score (nSPS) is 11.6. The van der Waals surface area contributed by atoms with Crippen LogP contribution in [0.4, 0.5) is 0 Å². The lowest BCUT2D eigenvalue weighted by molar-refractivity contribution is 0.131. The molecule has 19 heavy (non-hydrogen) atoms. The number of benzene rings is 1. The van der Waals surface area contributed by atoms with Gasteiger partial charge in [-0.1, -0.05) is 0 Å². The van der Waals surface area contributed by atoms with E-state index in [0.717, 1.165) is 28.5 Å². The highest BCUT2D eigenvalue weighted by Crippen LogP contribution is 2.25. The number of imidazole rings is 1. The van der Waals surface area contributed by atoms with Crippen LogP contribution in [0.2, 0.25) is 0 Å². The maximum atomic E-state index is 5.80. The lowest BCUT2D eigenvalue weighted by Gasteiger charge is -2.21. The van der Waals surface area contributed by atoms with Crippen molar-refractivity contribution in [2.75, 3.05) is 0 Å². The van der Waals surface area contributed by atoms with Crippen LogP contribution in [0.1, 0.15) is 32.3 Å². The molecule has 0 amide bonds. The number of aryl methyl sites for hydroxylation is 1. The Hall–Kier alpha value is -1.81. The van der Waals surface area contributed by atoms with Crippen LogP contribution in [0, 0.1) is 6.92 Å². The van der Waals surface area contributed by atoms with E-state index in [2.05, 4.69) is 9.97 Å². The van der Waals surface area contributed by atoms with Gasteiger partial charge in [-0.25, -0.2) is 4.98 Å². The summed E-state index contributed by atoms with van der Waals surface area (Å²) in [7, 11) is 0. The van der Waals surface area contributed by atoms with Crippen LogP contribution in [0.25, 0.3) is 11.3 Å². The minimum absolute atomic E-state index is 0.184. The minimum atomic E-state index is -0.184. The number of hydrogen-bond acceptors (Lipinski definition) is 3. The predicted molar refractivity (Wildman–Crippen MR) is 77.0 cm³/mol. The third-order valence-corrected chi connectivity index (χ3v) is 2.68. The maximum Gasteiger partial charge on any atom is 0.120 e. The summed E-state index contributed by atoms with van der Waals surface area (Å²) in [5.41, 5.74) is 8.45. The lowest BCUT2D eigenvalue weighted by Crippen LogP contribution is -2.22. The average molecular weight is 259 g/mol. The zero-order valence-electron chi connectivity index (χ0n) is 11.9. The van der Waals surface area contributed by atoms with Crippen molar-refractivity contribution in [1.82, 2.24) is 9.97 Å². The second-order valence-electron chi connectivity index (χ2n) is 5.60. The van der Waals surface area contributed by atoms with Gasteiger partial charge in [0.05, 0.1) is 12.2 Å². The zero-order chi connectivity index (χ0) is 14.0. The first-order valence-corrected chi connectivity index (χ1v) is 6.44. The van der Waals surface area contributed by atoms with Crippen LogP contribution in [-0.4, -0.2) is 15.6 Å². The van der Waals surface area contributed by atoms with E-state index in [4.69, 9.17) is 10.5 Å². The number of hydrogen-bond donors (Lipinski definition) is 2. The molecule has 0 fully saturated rings. The Morgan fingerprint density at radius 2 is 1.84 bits per heavy atom. The molecular formula is C15H21N3O. The van der Waals surface area contributed by atoms with Gasteiger partial charge in [0.25, 0.3) is 0 Å². The summed E-state index contributed by atoms with van der Waals surface area (Å²) in [4.78, 5) is 7.66. The number of aromatic nitrogens is 2. The molecule has 4 heteroatoms. The Morgan fingerprint density at radius 3 is 2.32 bits per heavy atom. The molecule has 0 unspecified atom stereocenters. The van der Waals surface area contributed by atoms with E-state index in [1.165, 1.54) is 0 Å². The molecule has 0 atom stereocenters. The molecule has 1 aromatic carbocycles.